The molecular formula is C18H17F3N2O2. The van der Waals surface area contributed by atoms with Gasteiger partial charge in [0.25, 0.3) is 0 Å². The Balaban J connectivity index is 2.34. The number of halogens is 3. The molecule has 0 saturated heterocycles. The monoisotopic (exact) mass is 350 g/mol. The van der Waals surface area contributed by atoms with Crippen LogP contribution in [0.3, 0.4) is 0 Å². The Bertz CT molecular complexity index is 796. The highest BCUT2D eigenvalue weighted by molar-refractivity contribution is 6.07. The second-order valence-corrected chi connectivity index (χ2v) is 5.57. The maximum absolute atomic E-state index is 13.7. The van der Waals surface area contributed by atoms with Crippen molar-refractivity contribution in [3.63, 3.8) is 0 Å². The number of rotatable bonds is 6. The minimum Gasteiger partial charge on any atom is -0.330 e. The number of anilines is 1. The lowest BCUT2D eigenvalue weighted by atomic mass is 9.83. The highest BCUT2D eigenvalue weighted by Gasteiger charge is 2.33. The Labute approximate surface area is 142 Å². The number of hydrogen-bond donors (Lipinski definition) is 2. The number of nitrogens with one attached hydrogen (secondary N) is 1. The van der Waals surface area contributed by atoms with Crippen molar-refractivity contribution >= 4 is 17.4 Å². The molecule has 0 heterocycles. The third kappa shape index (κ3) is 4.24. The first-order valence-electron chi connectivity index (χ1n) is 7.56. The largest absolute Gasteiger partial charge is 0.330 e. The van der Waals surface area contributed by atoms with Crippen molar-refractivity contribution in [3.8, 4) is 0 Å². The number of amides is 1. The molecule has 0 bridgehead atoms. The lowest BCUT2D eigenvalue weighted by Gasteiger charge is -2.24. The fourth-order valence-electron chi connectivity index (χ4n) is 2.63. The van der Waals surface area contributed by atoms with E-state index in [-0.39, 0.29) is 17.8 Å². The summed E-state index contributed by atoms with van der Waals surface area (Å²) in [5.74, 6) is -6.24. The van der Waals surface area contributed by atoms with E-state index in [9.17, 15) is 22.8 Å². The number of nitrogens with two attached hydrogens (primary N) is 1. The number of benzene rings is 2. The van der Waals surface area contributed by atoms with Gasteiger partial charge in [0.1, 0.15) is 17.5 Å². The van der Waals surface area contributed by atoms with Crippen molar-refractivity contribution in [3.05, 3.63) is 65.5 Å². The number of ketones is 1. The first-order valence-corrected chi connectivity index (χ1v) is 7.56. The van der Waals surface area contributed by atoms with Gasteiger partial charge in [-0.25, -0.2) is 13.2 Å². The fraction of sp³-hybridized carbons (Fsp3) is 0.222. The van der Waals surface area contributed by atoms with E-state index >= 15 is 0 Å². The van der Waals surface area contributed by atoms with Crippen LogP contribution in [0.25, 0.3) is 0 Å². The van der Waals surface area contributed by atoms with Crippen LogP contribution in [-0.4, -0.2) is 18.2 Å². The van der Waals surface area contributed by atoms with Gasteiger partial charge in [0.2, 0.25) is 5.91 Å². The minimum absolute atomic E-state index is 0.0835. The topological polar surface area (TPSA) is 72.2 Å². The van der Waals surface area contributed by atoms with Crippen LogP contribution >= 0.6 is 0 Å². The lowest BCUT2D eigenvalue weighted by Crippen LogP contribution is -2.36. The van der Waals surface area contributed by atoms with Gasteiger partial charge in [0, 0.05) is 12.5 Å². The van der Waals surface area contributed by atoms with Gasteiger partial charge >= 0.3 is 0 Å². The lowest BCUT2D eigenvalue weighted by molar-refractivity contribution is -0.130. The molecule has 3 N–H and O–H groups in total. The molecular weight excluding hydrogens is 333 g/mol. The van der Waals surface area contributed by atoms with Crippen LogP contribution in [-0.2, 0) is 9.59 Å². The van der Waals surface area contributed by atoms with Crippen LogP contribution in [0.4, 0.5) is 18.9 Å². The van der Waals surface area contributed by atoms with Gasteiger partial charge in [-0.15, -0.1) is 0 Å². The zero-order chi connectivity index (χ0) is 18.6. The van der Waals surface area contributed by atoms with Crippen molar-refractivity contribution in [2.75, 3.05) is 11.9 Å². The molecule has 0 spiro atoms. The second kappa shape index (κ2) is 7.94. The van der Waals surface area contributed by atoms with Gasteiger partial charge in [-0.05, 0) is 36.8 Å². The van der Waals surface area contributed by atoms with Crippen molar-refractivity contribution in [1.29, 1.82) is 0 Å². The zero-order valence-corrected chi connectivity index (χ0v) is 13.4. The summed E-state index contributed by atoms with van der Waals surface area (Å²) in [5, 5.41) is 2.34. The van der Waals surface area contributed by atoms with E-state index in [4.69, 9.17) is 5.73 Å². The van der Waals surface area contributed by atoms with E-state index in [0.717, 1.165) is 18.2 Å². The summed E-state index contributed by atoms with van der Waals surface area (Å²) in [4.78, 5) is 24.5. The molecule has 2 unspecified atom stereocenters. The Morgan fingerprint density at radius 1 is 1.04 bits per heavy atom. The number of hydrogen-bond acceptors (Lipinski definition) is 3. The van der Waals surface area contributed by atoms with Gasteiger partial charge in [-0.2, -0.15) is 0 Å². The molecule has 1 amide bonds. The van der Waals surface area contributed by atoms with Crippen molar-refractivity contribution in [2.24, 2.45) is 11.7 Å². The Hall–Kier alpha value is -2.67. The molecule has 4 nitrogen and oxygen atoms in total. The highest BCUT2D eigenvalue weighted by atomic mass is 19.2. The molecule has 2 aromatic rings. The first-order chi connectivity index (χ1) is 11.8. The summed E-state index contributed by atoms with van der Waals surface area (Å²) in [7, 11) is 0. The summed E-state index contributed by atoms with van der Waals surface area (Å²) in [5.41, 5.74) is 5.80. The van der Waals surface area contributed by atoms with E-state index in [1.54, 1.807) is 0 Å². The molecule has 0 fully saturated rings. The maximum Gasteiger partial charge on any atom is 0.235 e. The molecule has 0 radical (unpaired) electrons. The fourth-order valence-corrected chi connectivity index (χ4v) is 2.63. The summed E-state index contributed by atoms with van der Waals surface area (Å²) < 4.78 is 40.3. The first kappa shape index (κ1) is 18.7. The molecule has 0 saturated carbocycles. The second-order valence-electron chi connectivity index (χ2n) is 5.57. The Morgan fingerprint density at radius 3 is 2.28 bits per heavy atom. The van der Waals surface area contributed by atoms with E-state index < -0.39 is 41.0 Å². The Morgan fingerprint density at radius 2 is 1.72 bits per heavy atom. The molecule has 25 heavy (non-hydrogen) atoms. The van der Waals surface area contributed by atoms with Crippen LogP contribution in [0, 0.1) is 23.4 Å². The van der Waals surface area contributed by atoms with Crippen LogP contribution < -0.4 is 11.1 Å². The number of carbonyl (C=O) groups excluding carboxylic acids is 2. The van der Waals surface area contributed by atoms with Crippen molar-refractivity contribution < 1.29 is 22.8 Å². The van der Waals surface area contributed by atoms with Crippen LogP contribution in [0.1, 0.15) is 18.4 Å². The average Bonchev–Trinajstić information content (AvgIpc) is 2.56. The van der Waals surface area contributed by atoms with Gasteiger partial charge in [0.15, 0.2) is 11.6 Å². The Kier molecular flexibility index (Phi) is 5.93. The van der Waals surface area contributed by atoms with E-state index in [0.29, 0.717) is 0 Å². The standard InChI is InChI=1S/C18H17F3N2O2/c1-10(24)17(18(25)23-16-5-3-2-4-14(16)20)12(9-22)11-6-7-13(19)15(21)8-11/h2-8,12,17H,9,22H2,1H3,(H,23,25). The van der Waals surface area contributed by atoms with Crippen LogP contribution in [0.15, 0.2) is 42.5 Å². The van der Waals surface area contributed by atoms with Crippen LogP contribution in [0.5, 0.6) is 0 Å². The number of carbonyl (C=O) groups is 2. The summed E-state index contributed by atoms with van der Waals surface area (Å²) in [6, 6.07) is 8.56. The molecule has 2 aromatic carbocycles. The zero-order valence-electron chi connectivity index (χ0n) is 13.4. The quantitative estimate of drug-likeness (QED) is 0.787. The summed E-state index contributed by atoms with van der Waals surface area (Å²) >= 11 is 0. The van der Waals surface area contributed by atoms with E-state index in [2.05, 4.69) is 5.32 Å². The third-order valence-electron chi connectivity index (χ3n) is 3.88. The molecule has 2 atom stereocenters. The minimum atomic E-state index is -1.27. The molecule has 0 aliphatic rings. The predicted molar refractivity (Wildman–Crippen MR) is 87.4 cm³/mol. The molecule has 0 aromatic heterocycles. The number of Topliss-reactive ketones (excluding diaryl/α,β-unsaturated/α-hetero) is 1. The molecule has 0 aliphatic heterocycles. The molecule has 0 aliphatic carbocycles. The SMILES string of the molecule is CC(=O)C(C(=O)Nc1ccccc1F)C(CN)c1ccc(F)c(F)c1. The van der Waals surface area contributed by atoms with E-state index in [1.807, 2.05) is 0 Å². The normalized spacial score (nSPS) is 13.2. The summed E-state index contributed by atoms with van der Waals surface area (Å²) in [6.45, 7) is 1.04. The van der Waals surface area contributed by atoms with Gasteiger partial charge < -0.3 is 11.1 Å². The molecule has 132 valence electrons. The average molecular weight is 350 g/mol. The molecule has 7 heteroatoms. The van der Waals surface area contributed by atoms with E-state index in [1.165, 1.54) is 31.2 Å². The maximum atomic E-state index is 13.7. The van der Waals surface area contributed by atoms with Gasteiger partial charge in [0.05, 0.1) is 5.69 Å². The van der Waals surface area contributed by atoms with Gasteiger partial charge in [-0.3, -0.25) is 9.59 Å². The smallest absolute Gasteiger partial charge is 0.235 e. The van der Waals surface area contributed by atoms with Crippen molar-refractivity contribution in [1.82, 2.24) is 0 Å². The molecule has 2 rings (SSSR count). The number of para-hydroxylation sites is 1. The van der Waals surface area contributed by atoms with Crippen LogP contribution in [0.2, 0.25) is 0 Å². The summed E-state index contributed by atoms with van der Waals surface area (Å²) in [6.07, 6.45) is 0. The highest BCUT2D eigenvalue weighted by Crippen LogP contribution is 2.28. The predicted octanol–water partition coefficient (Wildman–Crippen LogP) is 2.99. The van der Waals surface area contributed by atoms with Gasteiger partial charge in [-0.1, -0.05) is 18.2 Å². The van der Waals surface area contributed by atoms with Crippen molar-refractivity contribution in [2.45, 2.75) is 12.8 Å². The third-order valence-corrected chi connectivity index (χ3v) is 3.88.